The lowest BCUT2D eigenvalue weighted by atomic mass is 9.97. The van der Waals surface area contributed by atoms with Crippen molar-refractivity contribution < 1.29 is 29.7 Å². The molecule has 0 aromatic rings. The van der Waals surface area contributed by atoms with Gasteiger partial charge >= 0.3 is 17.9 Å². The highest BCUT2D eigenvalue weighted by Gasteiger charge is 2.26. The van der Waals surface area contributed by atoms with Gasteiger partial charge in [-0.25, -0.2) is 0 Å². The first-order chi connectivity index (χ1) is 6.34. The smallest absolute Gasteiger partial charge is 0.320 e. The SMILES string of the molecule is N[C@@H](C[C@H](CC(=O)O)C(=O)O)C(=O)O. The van der Waals surface area contributed by atoms with Gasteiger partial charge in [-0.2, -0.15) is 0 Å². The van der Waals surface area contributed by atoms with E-state index in [0.717, 1.165) is 0 Å². The second kappa shape index (κ2) is 5.18. The van der Waals surface area contributed by atoms with Crippen LogP contribution in [-0.2, 0) is 14.4 Å². The molecule has 0 amide bonds. The number of aliphatic carboxylic acids is 3. The second-order valence-electron chi connectivity index (χ2n) is 2.81. The van der Waals surface area contributed by atoms with Crippen LogP contribution in [0.1, 0.15) is 12.8 Å². The molecular formula is C7H11NO6. The molecule has 14 heavy (non-hydrogen) atoms. The predicted molar refractivity (Wildman–Crippen MR) is 43.6 cm³/mol. The fraction of sp³-hybridized carbons (Fsp3) is 0.571. The molecule has 0 rings (SSSR count). The molecule has 0 fully saturated rings. The summed E-state index contributed by atoms with van der Waals surface area (Å²) in [4.78, 5) is 31.0. The third kappa shape index (κ3) is 4.41. The Balaban J connectivity index is 4.30. The van der Waals surface area contributed by atoms with Crippen molar-refractivity contribution in [3.05, 3.63) is 0 Å². The maximum absolute atomic E-state index is 10.5. The molecule has 7 nitrogen and oxygen atoms in total. The third-order valence-corrected chi connectivity index (χ3v) is 1.63. The van der Waals surface area contributed by atoms with Crippen LogP contribution in [0, 0.1) is 5.92 Å². The molecule has 2 atom stereocenters. The maximum atomic E-state index is 10.5. The van der Waals surface area contributed by atoms with E-state index >= 15 is 0 Å². The summed E-state index contributed by atoms with van der Waals surface area (Å²) in [6.07, 6.45) is -1.02. The van der Waals surface area contributed by atoms with Crippen LogP contribution < -0.4 is 5.73 Å². The van der Waals surface area contributed by atoms with Crippen molar-refractivity contribution in [3.63, 3.8) is 0 Å². The molecule has 0 spiro atoms. The van der Waals surface area contributed by atoms with Crippen LogP contribution in [0.25, 0.3) is 0 Å². The maximum Gasteiger partial charge on any atom is 0.320 e. The molecule has 5 N–H and O–H groups in total. The van der Waals surface area contributed by atoms with Gasteiger partial charge in [0.25, 0.3) is 0 Å². The quantitative estimate of drug-likeness (QED) is 0.434. The van der Waals surface area contributed by atoms with Crippen LogP contribution in [0.4, 0.5) is 0 Å². The summed E-state index contributed by atoms with van der Waals surface area (Å²) in [6, 6.07) is -1.35. The van der Waals surface area contributed by atoms with Gasteiger partial charge in [-0.15, -0.1) is 0 Å². The van der Waals surface area contributed by atoms with Crippen molar-refractivity contribution in [1.29, 1.82) is 0 Å². The van der Waals surface area contributed by atoms with E-state index in [0.29, 0.717) is 0 Å². The molecular weight excluding hydrogens is 194 g/mol. The predicted octanol–water partition coefficient (Wildman–Crippen LogP) is -1.04. The van der Waals surface area contributed by atoms with Gasteiger partial charge in [0.2, 0.25) is 0 Å². The fourth-order valence-corrected chi connectivity index (χ4v) is 0.890. The number of carboxylic acid groups (broad SMARTS) is 3. The minimum atomic E-state index is -1.36. The zero-order valence-electron chi connectivity index (χ0n) is 7.21. The lowest BCUT2D eigenvalue weighted by molar-refractivity contribution is -0.149. The highest BCUT2D eigenvalue weighted by atomic mass is 16.4. The number of carboxylic acids is 3. The minimum Gasteiger partial charge on any atom is -0.481 e. The first kappa shape index (κ1) is 12.4. The molecule has 0 unspecified atom stereocenters. The molecule has 7 heteroatoms. The monoisotopic (exact) mass is 205 g/mol. The number of nitrogens with two attached hydrogens (primary N) is 1. The highest BCUT2D eigenvalue weighted by molar-refractivity contribution is 5.79. The molecule has 0 aromatic heterocycles. The van der Waals surface area contributed by atoms with E-state index in [1.807, 2.05) is 0 Å². The second-order valence-corrected chi connectivity index (χ2v) is 2.81. The summed E-state index contributed by atoms with van der Waals surface area (Å²) in [5.41, 5.74) is 5.08. The van der Waals surface area contributed by atoms with Gasteiger partial charge < -0.3 is 21.1 Å². The van der Waals surface area contributed by atoms with Crippen molar-refractivity contribution in [2.24, 2.45) is 11.7 Å². The molecule has 0 aromatic carbocycles. The number of hydrogen-bond donors (Lipinski definition) is 4. The largest absolute Gasteiger partial charge is 0.481 e. The Kier molecular flexibility index (Phi) is 4.57. The van der Waals surface area contributed by atoms with Crippen LogP contribution in [0.2, 0.25) is 0 Å². The summed E-state index contributed by atoms with van der Waals surface area (Å²) in [5, 5.41) is 25.3. The molecule has 0 aliphatic heterocycles. The summed E-state index contributed by atoms with van der Waals surface area (Å²) >= 11 is 0. The van der Waals surface area contributed by atoms with Crippen LogP contribution in [0.5, 0.6) is 0 Å². The lowest BCUT2D eigenvalue weighted by Crippen LogP contribution is -2.35. The zero-order valence-corrected chi connectivity index (χ0v) is 7.21. The van der Waals surface area contributed by atoms with Crippen molar-refractivity contribution in [1.82, 2.24) is 0 Å². The van der Waals surface area contributed by atoms with Crippen molar-refractivity contribution >= 4 is 17.9 Å². The minimum absolute atomic E-state index is 0.392. The third-order valence-electron chi connectivity index (χ3n) is 1.63. The van der Waals surface area contributed by atoms with Crippen molar-refractivity contribution in [3.8, 4) is 0 Å². The molecule has 0 aliphatic rings. The molecule has 0 saturated carbocycles. The van der Waals surface area contributed by atoms with Gasteiger partial charge in [-0.1, -0.05) is 0 Å². The van der Waals surface area contributed by atoms with Gasteiger partial charge in [0.05, 0.1) is 12.3 Å². The van der Waals surface area contributed by atoms with E-state index in [1.165, 1.54) is 0 Å². The summed E-state index contributed by atoms with van der Waals surface area (Å²) in [6.45, 7) is 0. The molecule has 0 radical (unpaired) electrons. The Morgan fingerprint density at radius 3 is 1.86 bits per heavy atom. The van der Waals surface area contributed by atoms with E-state index in [9.17, 15) is 14.4 Å². The Bertz CT molecular complexity index is 251. The first-order valence-electron chi connectivity index (χ1n) is 3.77. The normalized spacial score (nSPS) is 14.4. The van der Waals surface area contributed by atoms with Gasteiger partial charge in [0.15, 0.2) is 0 Å². The van der Waals surface area contributed by atoms with Crippen LogP contribution in [-0.4, -0.2) is 39.3 Å². The Labute approximate surface area is 79.1 Å². The summed E-state index contributed by atoms with van der Waals surface area (Å²) < 4.78 is 0. The number of hydrogen-bond acceptors (Lipinski definition) is 4. The van der Waals surface area contributed by atoms with E-state index in [-0.39, 0.29) is 0 Å². The Hall–Kier alpha value is -1.63. The van der Waals surface area contributed by atoms with Gasteiger partial charge in [-0.05, 0) is 6.42 Å². The van der Waals surface area contributed by atoms with E-state index in [2.05, 4.69) is 0 Å². The Morgan fingerprint density at radius 1 is 1.07 bits per heavy atom. The fourth-order valence-electron chi connectivity index (χ4n) is 0.890. The van der Waals surface area contributed by atoms with E-state index < -0.39 is 42.7 Å². The molecule has 80 valence electrons. The standard InChI is InChI=1S/C7H11NO6/c8-4(7(13)14)1-3(6(11)12)2-5(9)10/h3-4H,1-2,8H2,(H,9,10)(H,11,12)(H,13,14)/t3-,4+/m1/s1. The molecule has 0 aliphatic carbocycles. The van der Waals surface area contributed by atoms with Crippen LogP contribution in [0.15, 0.2) is 0 Å². The highest BCUT2D eigenvalue weighted by Crippen LogP contribution is 2.11. The van der Waals surface area contributed by atoms with Crippen LogP contribution in [0.3, 0.4) is 0 Å². The van der Waals surface area contributed by atoms with Gasteiger partial charge in [0, 0.05) is 0 Å². The first-order valence-corrected chi connectivity index (χ1v) is 3.77. The van der Waals surface area contributed by atoms with E-state index in [4.69, 9.17) is 21.1 Å². The van der Waals surface area contributed by atoms with Gasteiger partial charge in [-0.3, -0.25) is 14.4 Å². The Morgan fingerprint density at radius 2 is 1.57 bits per heavy atom. The molecule has 0 saturated heterocycles. The van der Waals surface area contributed by atoms with Crippen molar-refractivity contribution in [2.75, 3.05) is 0 Å². The lowest BCUT2D eigenvalue weighted by Gasteiger charge is -2.12. The van der Waals surface area contributed by atoms with E-state index in [1.54, 1.807) is 0 Å². The average molecular weight is 205 g/mol. The average Bonchev–Trinajstić information content (AvgIpc) is 2.01. The molecule has 0 heterocycles. The van der Waals surface area contributed by atoms with Crippen LogP contribution >= 0.6 is 0 Å². The summed E-state index contributed by atoms with van der Waals surface area (Å²) in [7, 11) is 0. The number of rotatable bonds is 6. The number of carbonyl (C=O) groups is 3. The van der Waals surface area contributed by atoms with Gasteiger partial charge in [0.1, 0.15) is 6.04 Å². The zero-order chi connectivity index (χ0) is 11.3. The summed E-state index contributed by atoms with van der Waals surface area (Å²) in [5.74, 6) is -5.26. The molecule has 0 bridgehead atoms. The topological polar surface area (TPSA) is 138 Å². The van der Waals surface area contributed by atoms with Crippen molar-refractivity contribution in [2.45, 2.75) is 18.9 Å².